The standard InChI is InChI=1S/C16H23NO2/c1-3-4-5-6-7-8-9-14-10-12-15(13-11-14)16(18)17(2)19/h8-13,19H,3-7H2,1-2H3/b9-8+. The van der Waals surface area contributed by atoms with Gasteiger partial charge in [0.05, 0.1) is 0 Å². The van der Waals surface area contributed by atoms with E-state index in [0.717, 1.165) is 12.0 Å². The third-order valence-electron chi connectivity index (χ3n) is 2.99. The smallest absolute Gasteiger partial charge is 0.276 e. The van der Waals surface area contributed by atoms with Gasteiger partial charge in [0.15, 0.2) is 0 Å². The van der Waals surface area contributed by atoms with Gasteiger partial charge in [-0.1, -0.05) is 50.5 Å². The highest BCUT2D eigenvalue weighted by atomic mass is 16.5. The Morgan fingerprint density at radius 3 is 2.47 bits per heavy atom. The Morgan fingerprint density at radius 2 is 1.89 bits per heavy atom. The van der Waals surface area contributed by atoms with E-state index in [1.807, 2.05) is 12.1 Å². The zero-order valence-electron chi connectivity index (χ0n) is 11.8. The Labute approximate surface area is 115 Å². The third-order valence-corrected chi connectivity index (χ3v) is 2.99. The van der Waals surface area contributed by atoms with Crippen LogP contribution in [0.3, 0.4) is 0 Å². The number of benzene rings is 1. The van der Waals surface area contributed by atoms with Crippen LogP contribution in [0.15, 0.2) is 30.3 Å². The summed E-state index contributed by atoms with van der Waals surface area (Å²) < 4.78 is 0. The predicted molar refractivity (Wildman–Crippen MR) is 78.1 cm³/mol. The average Bonchev–Trinajstić information content (AvgIpc) is 2.42. The molecule has 0 fully saturated rings. The summed E-state index contributed by atoms with van der Waals surface area (Å²) in [6.45, 7) is 2.21. The second kappa shape index (κ2) is 8.48. The van der Waals surface area contributed by atoms with Crippen LogP contribution >= 0.6 is 0 Å². The van der Waals surface area contributed by atoms with Crippen molar-refractivity contribution in [3.63, 3.8) is 0 Å². The van der Waals surface area contributed by atoms with E-state index in [1.54, 1.807) is 12.1 Å². The summed E-state index contributed by atoms with van der Waals surface area (Å²) in [7, 11) is 1.33. The summed E-state index contributed by atoms with van der Waals surface area (Å²) in [4.78, 5) is 11.5. The molecular weight excluding hydrogens is 238 g/mol. The molecule has 0 aromatic heterocycles. The molecule has 1 amide bonds. The van der Waals surface area contributed by atoms with Gasteiger partial charge in [0.2, 0.25) is 0 Å². The molecule has 0 radical (unpaired) electrons. The number of hydroxylamine groups is 2. The zero-order chi connectivity index (χ0) is 14.1. The molecule has 1 rings (SSSR count). The Kier molecular flexibility index (Phi) is 6.90. The van der Waals surface area contributed by atoms with Crippen molar-refractivity contribution in [1.29, 1.82) is 0 Å². The maximum Gasteiger partial charge on any atom is 0.276 e. The molecule has 19 heavy (non-hydrogen) atoms. The number of unbranched alkanes of at least 4 members (excludes halogenated alkanes) is 4. The Bertz CT molecular complexity index is 407. The zero-order valence-corrected chi connectivity index (χ0v) is 11.8. The topological polar surface area (TPSA) is 40.5 Å². The van der Waals surface area contributed by atoms with Crippen molar-refractivity contribution < 1.29 is 10.0 Å². The van der Waals surface area contributed by atoms with Crippen LogP contribution in [0.5, 0.6) is 0 Å². The number of carbonyl (C=O) groups is 1. The van der Waals surface area contributed by atoms with Crippen LogP contribution < -0.4 is 0 Å². The highest BCUT2D eigenvalue weighted by molar-refractivity contribution is 5.93. The highest BCUT2D eigenvalue weighted by Gasteiger charge is 2.07. The Hall–Kier alpha value is -1.61. The van der Waals surface area contributed by atoms with Gasteiger partial charge in [-0.3, -0.25) is 10.0 Å². The number of rotatable bonds is 7. The molecule has 0 spiro atoms. The van der Waals surface area contributed by atoms with Crippen molar-refractivity contribution in [2.24, 2.45) is 0 Å². The van der Waals surface area contributed by atoms with Crippen LogP contribution in [0.25, 0.3) is 6.08 Å². The van der Waals surface area contributed by atoms with E-state index in [4.69, 9.17) is 5.21 Å². The van der Waals surface area contributed by atoms with Crippen LogP contribution in [-0.2, 0) is 0 Å². The SMILES string of the molecule is CCCCCC/C=C/c1ccc(C(=O)N(C)O)cc1. The summed E-state index contributed by atoms with van der Waals surface area (Å²) in [5.74, 6) is -0.393. The first-order valence-electron chi connectivity index (χ1n) is 6.88. The van der Waals surface area contributed by atoms with Crippen LogP contribution in [0.4, 0.5) is 0 Å². The van der Waals surface area contributed by atoms with Gasteiger partial charge in [0, 0.05) is 12.6 Å². The molecule has 0 aliphatic rings. The first-order chi connectivity index (χ1) is 9.15. The molecule has 0 saturated carbocycles. The second-order valence-corrected chi connectivity index (χ2v) is 4.70. The van der Waals surface area contributed by atoms with Gasteiger partial charge < -0.3 is 0 Å². The summed E-state index contributed by atoms with van der Waals surface area (Å²) in [5.41, 5.74) is 1.57. The van der Waals surface area contributed by atoms with Gasteiger partial charge >= 0.3 is 0 Å². The first-order valence-corrected chi connectivity index (χ1v) is 6.88. The van der Waals surface area contributed by atoms with E-state index in [-0.39, 0.29) is 0 Å². The molecule has 3 heteroatoms. The molecule has 1 aromatic rings. The van der Waals surface area contributed by atoms with Gasteiger partial charge in [0.25, 0.3) is 5.91 Å². The molecule has 1 N–H and O–H groups in total. The lowest BCUT2D eigenvalue weighted by molar-refractivity contribution is -0.0374. The van der Waals surface area contributed by atoms with E-state index in [0.29, 0.717) is 10.6 Å². The van der Waals surface area contributed by atoms with Gasteiger partial charge in [-0.15, -0.1) is 0 Å². The van der Waals surface area contributed by atoms with E-state index in [9.17, 15) is 4.79 Å². The minimum absolute atomic E-state index is 0.393. The molecule has 0 aliphatic heterocycles. The number of carbonyl (C=O) groups excluding carboxylic acids is 1. The fourth-order valence-electron chi connectivity index (χ4n) is 1.83. The molecule has 0 bridgehead atoms. The van der Waals surface area contributed by atoms with Crippen molar-refractivity contribution in [1.82, 2.24) is 5.06 Å². The highest BCUT2D eigenvalue weighted by Crippen LogP contribution is 2.09. The van der Waals surface area contributed by atoms with E-state index < -0.39 is 5.91 Å². The summed E-state index contributed by atoms with van der Waals surface area (Å²) >= 11 is 0. The summed E-state index contributed by atoms with van der Waals surface area (Å²) in [6.07, 6.45) is 10.4. The lowest BCUT2D eigenvalue weighted by Crippen LogP contribution is -2.22. The number of allylic oxidation sites excluding steroid dienone is 1. The molecule has 0 unspecified atom stereocenters. The maximum atomic E-state index is 11.5. The average molecular weight is 261 g/mol. The predicted octanol–water partition coefficient (Wildman–Crippen LogP) is 4.13. The van der Waals surface area contributed by atoms with Crippen LogP contribution in [0.2, 0.25) is 0 Å². The lowest BCUT2D eigenvalue weighted by Gasteiger charge is -2.07. The molecule has 0 saturated heterocycles. The van der Waals surface area contributed by atoms with Crippen molar-refractivity contribution in [3.8, 4) is 0 Å². The number of hydrogen-bond acceptors (Lipinski definition) is 2. The van der Waals surface area contributed by atoms with Crippen molar-refractivity contribution in [2.45, 2.75) is 39.0 Å². The van der Waals surface area contributed by atoms with Gasteiger partial charge in [-0.05, 0) is 30.5 Å². The molecular formula is C16H23NO2. The van der Waals surface area contributed by atoms with Crippen LogP contribution in [-0.4, -0.2) is 23.2 Å². The quantitative estimate of drug-likeness (QED) is 0.455. The number of amides is 1. The lowest BCUT2D eigenvalue weighted by atomic mass is 10.1. The fourth-order valence-corrected chi connectivity index (χ4v) is 1.83. The summed E-state index contributed by atoms with van der Waals surface area (Å²) in [5, 5.41) is 9.65. The van der Waals surface area contributed by atoms with Gasteiger partial charge in [-0.2, -0.15) is 0 Å². The van der Waals surface area contributed by atoms with Crippen molar-refractivity contribution in [3.05, 3.63) is 41.5 Å². The van der Waals surface area contributed by atoms with Crippen LogP contribution in [0.1, 0.15) is 54.9 Å². The van der Waals surface area contributed by atoms with E-state index >= 15 is 0 Å². The largest absolute Gasteiger partial charge is 0.286 e. The normalized spacial score (nSPS) is 10.9. The number of hydrogen-bond donors (Lipinski definition) is 1. The van der Waals surface area contributed by atoms with E-state index in [2.05, 4.69) is 19.1 Å². The minimum atomic E-state index is -0.393. The van der Waals surface area contributed by atoms with Gasteiger partial charge in [-0.25, -0.2) is 5.06 Å². The molecule has 0 aliphatic carbocycles. The van der Waals surface area contributed by atoms with Crippen LogP contribution in [0, 0.1) is 0 Å². The molecule has 1 aromatic carbocycles. The third kappa shape index (κ3) is 5.71. The molecule has 104 valence electrons. The molecule has 3 nitrogen and oxygen atoms in total. The van der Waals surface area contributed by atoms with Crippen molar-refractivity contribution >= 4 is 12.0 Å². The Morgan fingerprint density at radius 1 is 1.21 bits per heavy atom. The minimum Gasteiger partial charge on any atom is -0.286 e. The monoisotopic (exact) mass is 261 g/mol. The van der Waals surface area contributed by atoms with Crippen molar-refractivity contribution in [2.75, 3.05) is 7.05 Å². The fraction of sp³-hybridized carbons (Fsp3) is 0.438. The Balaban J connectivity index is 2.44. The van der Waals surface area contributed by atoms with E-state index in [1.165, 1.54) is 32.7 Å². The molecule has 0 atom stereocenters. The van der Waals surface area contributed by atoms with Gasteiger partial charge in [0.1, 0.15) is 0 Å². The summed E-state index contributed by atoms with van der Waals surface area (Å²) in [6, 6.07) is 7.23. The number of nitrogens with zero attached hydrogens (tertiary/aromatic N) is 1. The second-order valence-electron chi connectivity index (χ2n) is 4.70. The first kappa shape index (κ1) is 15.4. The molecule has 0 heterocycles. The maximum absolute atomic E-state index is 11.5.